The highest BCUT2D eigenvalue weighted by atomic mass is 16.6. The Morgan fingerprint density at radius 3 is 1.18 bits per heavy atom. The molecule has 3 aromatic rings. The van der Waals surface area contributed by atoms with Crippen LogP contribution in [0, 0.1) is 0 Å². The van der Waals surface area contributed by atoms with E-state index < -0.39 is 11.9 Å². The lowest BCUT2D eigenvalue weighted by Gasteiger charge is -2.18. The van der Waals surface area contributed by atoms with Crippen LogP contribution in [0.15, 0.2) is 72.8 Å². The van der Waals surface area contributed by atoms with E-state index >= 15 is 0 Å². The number of fused-ring (bicyclic) bond motifs is 2. The standard InChI is InChI=1S/C30H34O8/c1-21(2)29(31)37-19-15-33-13-17-35-27-23-9-5-7-11-25(23)28(26-12-8-6-10-24(26)27)36-18-14-34-16-20-38-30(32)22(3)4/h5-12H,1,3,13-20H2,2,4H3. The van der Waals surface area contributed by atoms with E-state index in [-0.39, 0.29) is 26.4 Å². The molecule has 8 heteroatoms. The number of carbonyl (C=O) groups is 2. The monoisotopic (exact) mass is 522 g/mol. The van der Waals surface area contributed by atoms with Crippen LogP contribution < -0.4 is 9.47 Å². The van der Waals surface area contributed by atoms with E-state index in [9.17, 15) is 9.59 Å². The summed E-state index contributed by atoms with van der Waals surface area (Å²) < 4.78 is 33.5. The molecule has 0 aliphatic heterocycles. The third-order valence-electron chi connectivity index (χ3n) is 5.40. The van der Waals surface area contributed by atoms with Crippen molar-refractivity contribution in [3.63, 3.8) is 0 Å². The smallest absolute Gasteiger partial charge is 0.333 e. The Bertz CT molecular complexity index is 1120. The Hall–Kier alpha value is -3.88. The van der Waals surface area contributed by atoms with Gasteiger partial charge in [0, 0.05) is 32.7 Å². The molecule has 202 valence electrons. The molecule has 0 heterocycles. The quantitative estimate of drug-likeness (QED) is 0.112. The van der Waals surface area contributed by atoms with Crippen molar-refractivity contribution in [3.05, 3.63) is 72.8 Å². The molecule has 0 atom stereocenters. The zero-order valence-electron chi connectivity index (χ0n) is 22.0. The normalized spacial score (nSPS) is 10.8. The van der Waals surface area contributed by atoms with Crippen LogP contribution in [0.1, 0.15) is 13.8 Å². The first-order valence-corrected chi connectivity index (χ1v) is 12.4. The van der Waals surface area contributed by atoms with Crippen molar-refractivity contribution in [2.75, 3.05) is 52.9 Å². The first kappa shape index (κ1) is 28.7. The summed E-state index contributed by atoms with van der Waals surface area (Å²) >= 11 is 0. The minimum absolute atomic E-state index is 0.160. The summed E-state index contributed by atoms with van der Waals surface area (Å²) in [5, 5.41) is 3.68. The lowest BCUT2D eigenvalue weighted by molar-refractivity contribution is -0.141. The fourth-order valence-electron chi connectivity index (χ4n) is 3.60. The van der Waals surface area contributed by atoms with Crippen LogP contribution in [0.25, 0.3) is 21.5 Å². The van der Waals surface area contributed by atoms with E-state index in [0.29, 0.717) is 37.6 Å². The van der Waals surface area contributed by atoms with Crippen molar-refractivity contribution in [1.82, 2.24) is 0 Å². The van der Waals surface area contributed by atoms with Gasteiger partial charge in [-0.25, -0.2) is 9.59 Å². The average Bonchev–Trinajstić information content (AvgIpc) is 2.92. The number of hydrogen-bond donors (Lipinski definition) is 0. The number of rotatable bonds is 16. The van der Waals surface area contributed by atoms with E-state index in [1.54, 1.807) is 13.8 Å². The van der Waals surface area contributed by atoms with Crippen molar-refractivity contribution in [1.29, 1.82) is 0 Å². The maximum atomic E-state index is 11.4. The van der Waals surface area contributed by atoms with Crippen LogP contribution in [0.3, 0.4) is 0 Å². The highest BCUT2D eigenvalue weighted by Gasteiger charge is 2.16. The average molecular weight is 523 g/mol. The number of esters is 2. The van der Waals surface area contributed by atoms with E-state index in [1.807, 2.05) is 48.5 Å². The van der Waals surface area contributed by atoms with Gasteiger partial charge in [-0.3, -0.25) is 0 Å². The molecule has 8 nitrogen and oxygen atoms in total. The van der Waals surface area contributed by atoms with Crippen molar-refractivity contribution in [3.8, 4) is 11.5 Å². The molecule has 3 rings (SSSR count). The predicted octanol–water partition coefficient (Wildman–Crippen LogP) is 5.02. The zero-order valence-corrected chi connectivity index (χ0v) is 22.0. The fraction of sp³-hybridized carbons (Fsp3) is 0.333. The molecule has 0 saturated heterocycles. The molecule has 0 aliphatic carbocycles. The highest BCUT2D eigenvalue weighted by molar-refractivity contribution is 6.11. The highest BCUT2D eigenvalue weighted by Crippen LogP contribution is 2.42. The number of carbonyl (C=O) groups excluding carboxylic acids is 2. The molecule has 0 spiro atoms. The molecule has 0 aromatic heterocycles. The van der Waals surface area contributed by atoms with Crippen LogP contribution >= 0.6 is 0 Å². The van der Waals surface area contributed by atoms with Gasteiger partial charge in [-0.05, 0) is 13.8 Å². The van der Waals surface area contributed by atoms with Gasteiger partial charge >= 0.3 is 11.9 Å². The third kappa shape index (κ3) is 8.06. The molecule has 0 N–H and O–H groups in total. The number of hydrogen-bond acceptors (Lipinski definition) is 8. The van der Waals surface area contributed by atoms with Crippen molar-refractivity contribution in [2.24, 2.45) is 0 Å². The summed E-state index contributed by atoms with van der Waals surface area (Å²) in [6.07, 6.45) is 0. The van der Waals surface area contributed by atoms with Crippen molar-refractivity contribution < 1.29 is 38.0 Å². The Morgan fingerprint density at radius 2 is 0.868 bits per heavy atom. The van der Waals surface area contributed by atoms with Gasteiger partial charge in [0.15, 0.2) is 0 Å². The van der Waals surface area contributed by atoms with Gasteiger partial charge in [-0.15, -0.1) is 0 Å². The second-order valence-corrected chi connectivity index (χ2v) is 8.50. The molecule has 0 fully saturated rings. The second kappa shape index (κ2) is 14.8. The summed E-state index contributed by atoms with van der Waals surface area (Å²) in [4.78, 5) is 22.8. The molecule has 0 saturated carbocycles. The predicted molar refractivity (Wildman–Crippen MR) is 146 cm³/mol. The first-order valence-electron chi connectivity index (χ1n) is 12.4. The van der Waals surface area contributed by atoms with E-state index in [0.717, 1.165) is 33.0 Å². The molecule has 0 unspecified atom stereocenters. The Labute approximate surface area is 222 Å². The molecule has 3 aromatic carbocycles. The van der Waals surface area contributed by atoms with Crippen LogP contribution in [0.4, 0.5) is 0 Å². The Balaban J connectivity index is 1.60. The Morgan fingerprint density at radius 1 is 0.553 bits per heavy atom. The van der Waals surface area contributed by atoms with Gasteiger partial charge in [0.1, 0.15) is 37.9 Å². The maximum Gasteiger partial charge on any atom is 0.333 e. The molecular weight excluding hydrogens is 488 g/mol. The van der Waals surface area contributed by atoms with Crippen molar-refractivity contribution in [2.45, 2.75) is 13.8 Å². The van der Waals surface area contributed by atoms with E-state index in [4.69, 9.17) is 28.4 Å². The van der Waals surface area contributed by atoms with E-state index in [2.05, 4.69) is 13.2 Å². The minimum Gasteiger partial charge on any atom is -0.490 e. The lowest BCUT2D eigenvalue weighted by Crippen LogP contribution is -2.14. The molecule has 0 bridgehead atoms. The van der Waals surface area contributed by atoms with Gasteiger partial charge in [0.05, 0.1) is 26.4 Å². The summed E-state index contributed by atoms with van der Waals surface area (Å²) in [6, 6.07) is 15.8. The lowest BCUT2D eigenvalue weighted by atomic mass is 10.0. The van der Waals surface area contributed by atoms with Gasteiger partial charge in [0.2, 0.25) is 0 Å². The topological polar surface area (TPSA) is 89.5 Å². The van der Waals surface area contributed by atoms with Crippen LogP contribution in [-0.2, 0) is 28.5 Å². The molecular formula is C30H34O8. The summed E-state index contributed by atoms with van der Waals surface area (Å²) in [5.74, 6) is 0.634. The molecule has 0 amide bonds. The summed E-state index contributed by atoms with van der Waals surface area (Å²) in [7, 11) is 0. The maximum absolute atomic E-state index is 11.4. The Kier molecular flexibility index (Phi) is 11.1. The number of ether oxygens (including phenoxy) is 6. The van der Waals surface area contributed by atoms with Crippen LogP contribution in [0.2, 0.25) is 0 Å². The zero-order chi connectivity index (χ0) is 27.3. The van der Waals surface area contributed by atoms with Crippen LogP contribution in [-0.4, -0.2) is 64.8 Å². The molecule has 0 radical (unpaired) electrons. The van der Waals surface area contributed by atoms with Gasteiger partial charge in [-0.1, -0.05) is 61.7 Å². The summed E-state index contributed by atoms with van der Waals surface area (Å²) in [5.41, 5.74) is 0.710. The van der Waals surface area contributed by atoms with Gasteiger partial charge in [0.25, 0.3) is 0 Å². The summed E-state index contributed by atoms with van der Waals surface area (Å²) in [6.45, 7) is 12.5. The molecule has 38 heavy (non-hydrogen) atoms. The second-order valence-electron chi connectivity index (χ2n) is 8.50. The SMILES string of the molecule is C=C(C)C(=O)OCCOCCOc1c2ccccc2c(OCCOCCOC(=O)C(=C)C)c2ccccc12. The van der Waals surface area contributed by atoms with Crippen LogP contribution in [0.5, 0.6) is 11.5 Å². The third-order valence-corrected chi connectivity index (χ3v) is 5.40. The molecule has 0 aliphatic rings. The largest absolute Gasteiger partial charge is 0.490 e. The van der Waals surface area contributed by atoms with Gasteiger partial charge < -0.3 is 28.4 Å². The van der Waals surface area contributed by atoms with Gasteiger partial charge in [-0.2, -0.15) is 0 Å². The first-order chi connectivity index (χ1) is 18.4. The fourth-order valence-corrected chi connectivity index (χ4v) is 3.60. The van der Waals surface area contributed by atoms with Crippen molar-refractivity contribution >= 4 is 33.5 Å². The number of benzene rings is 3. The van der Waals surface area contributed by atoms with E-state index in [1.165, 1.54) is 0 Å². The minimum atomic E-state index is -0.430.